The quantitative estimate of drug-likeness (QED) is 0.588. The van der Waals surface area contributed by atoms with Gasteiger partial charge in [-0.05, 0) is 29.7 Å². The fourth-order valence-corrected chi connectivity index (χ4v) is 1.75. The van der Waals surface area contributed by atoms with E-state index in [0.717, 1.165) is 18.5 Å². The van der Waals surface area contributed by atoms with Crippen molar-refractivity contribution in [3.8, 4) is 0 Å². The summed E-state index contributed by atoms with van der Waals surface area (Å²) in [5, 5.41) is 3.29. The zero-order valence-electron chi connectivity index (χ0n) is 8.62. The van der Waals surface area contributed by atoms with Crippen molar-refractivity contribution in [2.75, 3.05) is 19.0 Å². The molecule has 1 N–H and O–H groups in total. The Morgan fingerprint density at radius 2 is 2.40 bits per heavy atom. The molecule has 3 heteroatoms. The van der Waals surface area contributed by atoms with E-state index in [1.165, 1.54) is 24.4 Å². The molecule has 0 unspecified atom stereocenters. The molecule has 0 bridgehead atoms. The molecule has 3 nitrogen and oxygen atoms in total. The summed E-state index contributed by atoms with van der Waals surface area (Å²) in [5.74, 6) is -0.321. The van der Waals surface area contributed by atoms with Crippen LogP contribution >= 0.6 is 0 Å². The highest BCUT2D eigenvalue weighted by molar-refractivity contribution is 5.87. The van der Waals surface area contributed by atoms with Crippen LogP contribution in [-0.4, -0.2) is 19.6 Å². The molecule has 1 heterocycles. The van der Waals surface area contributed by atoms with Gasteiger partial charge in [0.05, 0.1) is 7.11 Å². The number of hydrogen-bond donors (Lipinski definition) is 1. The van der Waals surface area contributed by atoms with Crippen LogP contribution in [0.5, 0.6) is 0 Å². The normalized spacial score (nSPS) is 13.7. The fourth-order valence-electron chi connectivity index (χ4n) is 1.75. The van der Waals surface area contributed by atoms with Crippen LogP contribution in [-0.2, 0) is 16.0 Å². The van der Waals surface area contributed by atoms with Crippen molar-refractivity contribution in [1.29, 1.82) is 0 Å². The van der Waals surface area contributed by atoms with Crippen LogP contribution in [0.25, 0.3) is 6.08 Å². The number of esters is 1. The van der Waals surface area contributed by atoms with E-state index in [4.69, 9.17) is 0 Å². The highest BCUT2D eigenvalue weighted by Gasteiger charge is 2.11. The first-order valence-electron chi connectivity index (χ1n) is 4.93. The molecule has 1 aliphatic rings. The summed E-state index contributed by atoms with van der Waals surface area (Å²) >= 11 is 0. The molecule has 15 heavy (non-hydrogen) atoms. The van der Waals surface area contributed by atoms with Crippen LogP contribution in [0.1, 0.15) is 11.1 Å². The number of rotatable bonds is 2. The second-order valence-electron chi connectivity index (χ2n) is 3.41. The molecule has 78 valence electrons. The summed E-state index contributed by atoms with van der Waals surface area (Å²) in [7, 11) is 1.38. The maximum atomic E-state index is 11.0. The predicted octanol–water partition coefficient (Wildman–Crippen LogP) is 1.84. The van der Waals surface area contributed by atoms with E-state index in [9.17, 15) is 4.79 Å². The number of benzene rings is 1. The Labute approximate surface area is 88.8 Å². The van der Waals surface area contributed by atoms with Crippen LogP contribution in [0.2, 0.25) is 0 Å². The Bertz CT molecular complexity index is 410. The van der Waals surface area contributed by atoms with Gasteiger partial charge in [-0.3, -0.25) is 0 Å². The lowest BCUT2D eigenvalue weighted by Gasteiger charge is -2.02. The lowest BCUT2D eigenvalue weighted by atomic mass is 10.0. The molecular formula is C12H13NO2. The Kier molecular flexibility index (Phi) is 2.72. The van der Waals surface area contributed by atoms with Gasteiger partial charge in [0.1, 0.15) is 0 Å². The van der Waals surface area contributed by atoms with E-state index in [1.807, 2.05) is 12.1 Å². The maximum absolute atomic E-state index is 11.0. The number of methoxy groups -OCH3 is 1. The Morgan fingerprint density at radius 1 is 1.53 bits per heavy atom. The number of nitrogens with one attached hydrogen (secondary N) is 1. The number of hydrogen-bond acceptors (Lipinski definition) is 3. The van der Waals surface area contributed by atoms with Gasteiger partial charge < -0.3 is 10.1 Å². The van der Waals surface area contributed by atoms with Gasteiger partial charge in [0.25, 0.3) is 0 Å². The van der Waals surface area contributed by atoms with Crippen molar-refractivity contribution in [1.82, 2.24) is 0 Å². The molecule has 0 radical (unpaired) electrons. The lowest BCUT2D eigenvalue weighted by Crippen LogP contribution is -1.94. The largest absolute Gasteiger partial charge is 0.466 e. The van der Waals surface area contributed by atoms with Gasteiger partial charge in [-0.15, -0.1) is 0 Å². The third-order valence-electron chi connectivity index (χ3n) is 2.50. The summed E-state index contributed by atoms with van der Waals surface area (Å²) < 4.78 is 4.55. The average Bonchev–Trinajstić information content (AvgIpc) is 2.74. The molecule has 0 saturated carbocycles. The van der Waals surface area contributed by atoms with Crippen molar-refractivity contribution in [3.05, 3.63) is 35.4 Å². The second-order valence-corrected chi connectivity index (χ2v) is 3.41. The third-order valence-corrected chi connectivity index (χ3v) is 2.50. The van der Waals surface area contributed by atoms with E-state index >= 15 is 0 Å². The summed E-state index contributed by atoms with van der Waals surface area (Å²) in [4.78, 5) is 11.0. The predicted molar refractivity (Wildman–Crippen MR) is 59.7 cm³/mol. The first-order valence-corrected chi connectivity index (χ1v) is 4.93. The molecule has 1 aliphatic heterocycles. The van der Waals surface area contributed by atoms with Crippen LogP contribution in [0.3, 0.4) is 0 Å². The molecule has 0 amide bonds. The molecule has 0 aliphatic carbocycles. The van der Waals surface area contributed by atoms with E-state index in [-0.39, 0.29) is 5.97 Å². The minimum Gasteiger partial charge on any atom is -0.466 e. The van der Waals surface area contributed by atoms with E-state index in [0.29, 0.717) is 0 Å². The summed E-state index contributed by atoms with van der Waals surface area (Å²) in [6.07, 6.45) is 4.27. The zero-order valence-corrected chi connectivity index (χ0v) is 8.62. The Hall–Kier alpha value is -1.77. The van der Waals surface area contributed by atoms with Gasteiger partial charge in [0.15, 0.2) is 0 Å². The number of carbonyl (C=O) groups excluding carboxylic acids is 1. The number of carbonyl (C=O) groups is 1. The Balaban J connectivity index is 2.26. The highest BCUT2D eigenvalue weighted by Crippen LogP contribution is 2.26. The minimum absolute atomic E-state index is 0.321. The van der Waals surface area contributed by atoms with E-state index in [1.54, 1.807) is 6.08 Å². The average molecular weight is 203 g/mol. The lowest BCUT2D eigenvalue weighted by molar-refractivity contribution is -0.134. The van der Waals surface area contributed by atoms with Gasteiger partial charge in [0, 0.05) is 18.3 Å². The van der Waals surface area contributed by atoms with Crippen LogP contribution in [0.15, 0.2) is 24.3 Å². The monoisotopic (exact) mass is 203 g/mol. The standard InChI is InChI=1S/C12H13NO2/c1-15-12(14)6-5-9-3-2-4-11-10(9)7-8-13-11/h2-6,13H,7-8H2,1H3/b6-5-. The van der Waals surface area contributed by atoms with Crippen molar-refractivity contribution < 1.29 is 9.53 Å². The molecule has 0 atom stereocenters. The third kappa shape index (κ3) is 2.01. The topological polar surface area (TPSA) is 38.3 Å². The molecule has 1 aromatic rings. The van der Waals surface area contributed by atoms with Crippen LogP contribution in [0.4, 0.5) is 5.69 Å². The minimum atomic E-state index is -0.321. The molecule has 2 rings (SSSR count). The number of fused-ring (bicyclic) bond motifs is 1. The highest BCUT2D eigenvalue weighted by atomic mass is 16.5. The number of anilines is 1. The van der Waals surface area contributed by atoms with Crippen molar-refractivity contribution in [2.24, 2.45) is 0 Å². The second kappa shape index (κ2) is 4.17. The molecule has 0 aromatic heterocycles. The van der Waals surface area contributed by atoms with E-state index < -0.39 is 0 Å². The first kappa shape index (κ1) is 9.77. The van der Waals surface area contributed by atoms with Gasteiger partial charge in [-0.1, -0.05) is 12.1 Å². The molecule has 0 spiro atoms. The van der Waals surface area contributed by atoms with Crippen molar-refractivity contribution in [3.63, 3.8) is 0 Å². The van der Waals surface area contributed by atoms with Crippen LogP contribution in [0, 0.1) is 0 Å². The van der Waals surface area contributed by atoms with Crippen LogP contribution < -0.4 is 5.32 Å². The molecule has 0 saturated heterocycles. The van der Waals surface area contributed by atoms with E-state index in [2.05, 4.69) is 16.1 Å². The maximum Gasteiger partial charge on any atom is 0.330 e. The fraction of sp³-hybridized carbons (Fsp3) is 0.250. The van der Waals surface area contributed by atoms with Gasteiger partial charge >= 0.3 is 5.97 Å². The molecular weight excluding hydrogens is 190 g/mol. The first-order chi connectivity index (χ1) is 7.31. The molecule has 0 fully saturated rings. The molecule has 1 aromatic carbocycles. The zero-order chi connectivity index (χ0) is 10.7. The Morgan fingerprint density at radius 3 is 3.20 bits per heavy atom. The SMILES string of the molecule is COC(=O)/C=C\c1cccc2c1CCN2. The summed E-state index contributed by atoms with van der Waals surface area (Å²) in [6, 6.07) is 6.04. The van der Waals surface area contributed by atoms with Gasteiger partial charge in [-0.25, -0.2) is 4.79 Å². The van der Waals surface area contributed by atoms with Crippen molar-refractivity contribution >= 4 is 17.7 Å². The van der Waals surface area contributed by atoms with Gasteiger partial charge in [0.2, 0.25) is 0 Å². The number of ether oxygens (including phenoxy) is 1. The van der Waals surface area contributed by atoms with Gasteiger partial charge in [-0.2, -0.15) is 0 Å². The summed E-state index contributed by atoms with van der Waals surface area (Å²) in [5.41, 5.74) is 3.53. The smallest absolute Gasteiger partial charge is 0.330 e. The summed E-state index contributed by atoms with van der Waals surface area (Å²) in [6.45, 7) is 0.971. The van der Waals surface area contributed by atoms with Crippen molar-refractivity contribution in [2.45, 2.75) is 6.42 Å².